The molecule has 3 rings (SSSR count). The monoisotopic (exact) mass is 309 g/mol. The standard InChI is InChI=1S/C13H9Cl2N3S/c14-7-2-1-3-8(11(7)15)18-9-4-5-10-13(12(9)16)17-6-19-10/h1-6,18H,16H2. The number of rotatable bonds is 2. The minimum atomic E-state index is 0.474. The maximum atomic E-state index is 6.14. The highest BCUT2D eigenvalue weighted by Gasteiger charge is 2.09. The van der Waals surface area contributed by atoms with Gasteiger partial charge in [0, 0.05) is 0 Å². The van der Waals surface area contributed by atoms with Crippen LogP contribution >= 0.6 is 34.5 Å². The van der Waals surface area contributed by atoms with Gasteiger partial charge in [-0.2, -0.15) is 0 Å². The minimum absolute atomic E-state index is 0.474. The van der Waals surface area contributed by atoms with Gasteiger partial charge >= 0.3 is 0 Å². The number of nitrogens with two attached hydrogens (primary N) is 1. The number of nitrogen functional groups attached to an aromatic ring is 1. The lowest BCUT2D eigenvalue weighted by atomic mass is 10.2. The molecule has 0 atom stereocenters. The predicted octanol–water partition coefficient (Wildman–Crippen LogP) is 4.93. The summed E-state index contributed by atoms with van der Waals surface area (Å²) in [5.41, 5.74) is 10.8. The van der Waals surface area contributed by atoms with E-state index in [0.717, 1.165) is 21.6 Å². The second-order valence-electron chi connectivity index (χ2n) is 3.95. The fourth-order valence-corrected chi connectivity index (χ4v) is 2.85. The Morgan fingerprint density at radius 3 is 2.79 bits per heavy atom. The van der Waals surface area contributed by atoms with E-state index in [0.29, 0.717) is 15.7 Å². The fourth-order valence-electron chi connectivity index (χ4n) is 1.81. The van der Waals surface area contributed by atoms with Crippen molar-refractivity contribution in [1.29, 1.82) is 0 Å². The van der Waals surface area contributed by atoms with E-state index in [2.05, 4.69) is 10.3 Å². The fraction of sp³-hybridized carbons (Fsp3) is 0. The second-order valence-corrected chi connectivity index (χ2v) is 5.62. The van der Waals surface area contributed by atoms with Crippen LogP contribution < -0.4 is 11.1 Å². The van der Waals surface area contributed by atoms with E-state index in [1.165, 1.54) is 0 Å². The zero-order valence-corrected chi connectivity index (χ0v) is 12.0. The zero-order chi connectivity index (χ0) is 13.4. The van der Waals surface area contributed by atoms with Crippen LogP contribution in [0.4, 0.5) is 17.1 Å². The Hall–Kier alpha value is -1.49. The summed E-state index contributed by atoms with van der Waals surface area (Å²) in [5.74, 6) is 0. The molecule has 0 saturated carbocycles. The first kappa shape index (κ1) is 12.5. The van der Waals surface area contributed by atoms with Crippen LogP contribution in [0.2, 0.25) is 10.0 Å². The number of hydrogen-bond acceptors (Lipinski definition) is 4. The molecular weight excluding hydrogens is 301 g/mol. The van der Waals surface area contributed by atoms with Crippen LogP contribution in [-0.4, -0.2) is 4.98 Å². The molecule has 0 amide bonds. The van der Waals surface area contributed by atoms with Crippen LogP contribution in [0.5, 0.6) is 0 Å². The summed E-state index contributed by atoms with van der Waals surface area (Å²) < 4.78 is 1.06. The summed E-state index contributed by atoms with van der Waals surface area (Å²) in [5, 5.41) is 4.16. The van der Waals surface area contributed by atoms with Crippen LogP contribution in [0.3, 0.4) is 0 Å². The summed E-state index contributed by atoms with van der Waals surface area (Å²) in [6.07, 6.45) is 0. The molecule has 1 aromatic heterocycles. The van der Waals surface area contributed by atoms with Crippen LogP contribution in [0, 0.1) is 0 Å². The summed E-state index contributed by atoms with van der Waals surface area (Å²) in [6.45, 7) is 0. The molecular formula is C13H9Cl2N3S. The summed E-state index contributed by atoms with van der Waals surface area (Å²) >= 11 is 13.7. The van der Waals surface area contributed by atoms with Crippen molar-refractivity contribution >= 4 is 61.8 Å². The molecule has 0 unspecified atom stereocenters. The van der Waals surface area contributed by atoms with E-state index in [1.807, 2.05) is 24.3 Å². The smallest absolute Gasteiger partial charge is 0.106 e. The summed E-state index contributed by atoms with van der Waals surface area (Å²) in [4.78, 5) is 4.25. The normalized spacial score (nSPS) is 10.8. The molecule has 19 heavy (non-hydrogen) atoms. The first-order valence-corrected chi connectivity index (χ1v) is 7.13. The van der Waals surface area contributed by atoms with E-state index < -0.39 is 0 Å². The third-order valence-corrected chi connectivity index (χ3v) is 4.38. The lowest BCUT2D eigenvalue weighted by Gasteiger charge is -2.11. The van der Waals surface area contributed by atoms with Gasteiger partial charge in [-0.25, -0.2) is 4.98 Å². The van der Waals surface area contributed by atoms with Gasteiger partial charge in [0.1, 0.15) is 5.52 Å². The maximum absolute atomic E-state index is 6.14. The van der Waals surface area contributed by atoms with E-state index in [9.17, 15) is 0 Å². The topological polar surface area (TPSA) is 50.9 Å². The third-order valence-electron chi connectivity index (χ3n) is 2.76. The van der Waals surface area contributed by atoms with Gasteiger partial charge in [-0.15, -0.1) is 11.3 Å². The zero-order valence-electron chi connectivity index (χ0n) is 9.65. The molecule has 0 radical (unpaired) electrons. The Balaban J connectivity index is 2.05. The van der Waals surface area contributed by atoms with Crippen LogP contribution in [0.1, 0.15) is 0 Å². The van der Waals surface area contributed by atoms with Crippen molar-refractivity contribution in [2.24, 2.45) is 0 Å². The molecule has 0 aliphatic heterocycles. The quantitative estimate of drug-likeness (QED) is 0.660. The Morgan fingerprint density at radius 1 is 1.11 bits per heavy atom. The van der Waals surface area contributed by atoms with Crippen molar-refractivity contribution in [1.82, 2.24) is 4.98 Å². The van der Waals surface area contributed by atoms with Gasteiger partial charge in [0.05, 0.1) is 37.3 Å². The van der Waals surface area contributed by atoms with Crippen LogP contribution in [-0.2, 0) is 0 Å². The molecule has 0 fully saturated rings. The van der Waals surface area contributed by atoms with Gasteiger partial charge in [-0.3, -0.25) is 0 Å². The van der Waals surface area contributed by atoms with Crippen molar-refractivity contribution in [3.63, 3.8) is 0 Å². The van der Waals surface area contributed by atoms with Gasteiger partial charge in [0.2, 0.25) is 0 Å². The number of fused-ring (bicyclic) bond motifs is 1. The van der Waals surface area contributed by atoms with Gasteiger partial charge in [-0.1, -0.05) is 29.3 Å². The summed E-state index contributed by atoms with van der Waals surface area (Å²) in [6, 6.07) is 9.30. The Labute approximate surface area is 124 Å². The number of hydrogen-bond donors (Lipinski definition) is 2. The third kappa shape index (κ3) is 2.23. The largest absolute Gasteiger partial charge is 0.395 e. The number of thiazole rings is 1. The Bertz CT molecular complexity index is 755. The lowest BCUT2D eigenvalue weighted by molar-refractivity contribution is 1.49. The average molecular weight is 310 g/mol. The highest BCUT2D eigenvalue weighted by Crippen LogP contribution is 2.36. The Morgan fingerprint density at radius 2 is 1.95 bits per heavy atom. The number of benzene rings is 2. The van der Waals surface area contributed by atoms with E-state index in [4.69, 9.17) is 28.9 Å². The van der Waals surface area contributed by atoms with Crippen LogP contribution in [0.25, 0.3) is 10.2 Å². The number of aromatic nitrogens is 1. The summed E-state index contributed by atoms with van der Waals surface area (Å²) in [7, 11) is 0. The first-order valence-electron chi connectivity index (χ1n) is 5.49. The van der Waals surface area contributed by atoms with Gasteiger partial charge in [0.15, 0.2) is 0 Å². The second kappa shape index (κ2) is 4.89. The minimum Gasteiger partial charge on any atom is -0.395 e. The van der Waals surface area contributed by atoms with Crippen molar-refractivity contribution in [3.05, 3.63) is 45.9 Å². The number of nitrogens with one attached hydrogen (secondary N) is 1. The molecule has 6 heteroatoms. The first-order chi connectivity index (χ1) is 9.16. The number of halogens is 2. The molecule has 0 aliphatic carbocycles. The van der Waals surface area contributed by atoms with Gasteiger partial charge in [0.25, 0.3) is 0 Å². The van der Waals surface area contributed by atoms with Gasteiger partial charge < -0.3 is 11.1 Å². The van der Waals surface area contributed by atoms with Crippen molar-refractivity contribution in [2.75, 3.05) is 11.1 Å². The van der Waals surface area contributed by atoms with E-state index in [1.54, 1.807) is 22.9 Å². The molecule has 3 N–H and O–H groups in total. The maximum Gasteiger partial charge on any atom is 0.106 e. The average Bonchev–Trinajstić information content (AvgIpc) is 2.87. The molecule has 0 spiro atoms. The van der Waals surface area contributed by atoms with Crippen molar-refractivity contribution < 1.29 is 0 Å². The van der Waals surface area contributed by atoms with Crippen molar-refractivity contribution in [2.45, 2.75) is 0 Å². The highest BCUT2D eigenvalue weighted by molar-refractivity contribution is 7.16. The van der Waals surface area contributed by atoms with E-state index >= 15 is 0 Å². The number of nitrogens with zero attached hydrogens (tertiary/aromatic N) is 1. The molecule has 2 aromatic carbocycles. The molecule has 3 nitrogen and oxygen atoms in total. The van der Waals surface area contributed by atoms with Crippen molar-refractivity contribution in [3.8, 4) is 0 Å². The molecule has 3 aromatic rings. The Kier molecular flexibility index (Phi) is 3.22. The van der Waals surface area contributed by atoms with Gasteiger partial charge in [-0.05, 0) is 24.3 Å². The molecule has 1 heterocycles. The SMILES string of the molecule is Nc1c(Nc2cccc(Cl)c2Cl)ccc2scnc12. The number of anilines is 3. The van der Waals surface area contributed by atoms with E-state index in [-0.39, 0.29) is 0 Å². The highest BCUT2D eigenvalue weighted by atomic mass is 35.5. The molecule has 96 valence electrons. The van der Waals surface area contributed by atoms with Crippen LogP contribution in [0.15, 0.2) is 35.8 Å². The molecule has 0 bridgehead atoms. The lowest BCUT2D eigenvalue weighted by Crippen LogP contribution is -1.97. The molecule has 0 aliphatic rings. The molecule has 0 saturated heterocycles. The predicted molar refractivity (Wildman–Crippen MR) is 83.8 cm³/mol.